The number of phenolic OH excluding ortho intramolecular Hbond substituents is 1. The van der Waals surface area contributed by atoms with Crippen LogP contribution in [0.4, 0.5) is 0 Å². The maximum Gasteiger partial charge on any atom is 0.220 e. The molecule has 1 amide bonds. The monoisotopic (exact) mass is 235 g/mol. The predicted molar refractivity (Wildman–Crippen MR) is 68.9 cm³/mol. The van der Waals surface area contributed by atoms with E-state index >= 15 is 0 Å². The number of hydrogen-bond acceptors (Lipinski definition) is 2. The number of aromatic hydroxyl groups is 1. The molecular formula is C14H21NO2. The second-order valence-corrected chi connectivity index (χ2v) is 4.70. The van der Waals surface area contributed by atoms with Crippen LogP contribution in [-0.2, 0) is 11.2 Å². The molecule has 0 spiro atoms. The molecule has 0 atom stereocenters. The zero-order chi connectivity index (χ0) is 12.7. The smallest absolute Gasteiger partial charge is 0.220 e. The Balaban J connectivity index is 2.19. The maximum atomic E-state index is 11.4. The van der Waals surface area contributed by atoms with Gasteiger partial charge in [-0.3, -0.25) is 4.79 Å². The number of carbonyl (C=O) groups excluding carboxylic acids is 1. The molecule has 3 heteroatoms. The van der Waals surface area contributed by atoms with Gasteiger partial charge in [-0.2, -0.15) is 0 Å². The molecular weight excluding hydrogens is 214 g/mol. The first kappa shape index (κ1) is 13.6. The van der Waals surface area contributed by atoms with E-state index in [1.807, 2.05) is 12.1 Å². The lowest BCUT2D eigenvalue weighted by Crippen LogP contribution is -2.25. The zero-order valence-electron chi connectivity index (χ0n) is 10.6. The van der Waals surface area contributed by atoms with Gasteiger partial charge in [0.1, 0.15) is 5.75 Å². The highest BCUT2D eigenvalue weighted by molar-refractivity contribution is 5.75. The molecule has 0 radical (unpaired) electrons. The Morgan fingerprint density at radius 1 is 1.29 bits per heavy atom. The summed E-state index contributed by atoms with van der Waals surface area (Å²) in [7, 11) is 0. The fourth-order valence-electron chi connectivity index (χ4n) is 1.52. The molecule has 0 saturated heterocycles. The first-order chi connectivity index (χ1) is 8.08. The number of amides is 1. The third kappa shape index (κ3) is 5.95. The summed E-state index contributed by atoms with van der Waals surface area (Å²) in [4.78, 5) is 11.4. The van der Waals surface area contributed by atoms with Crippen molar-refractivity contribution in [1.82, 2.24) is 5.32 Å². The van der Waals surface area contributed by atoms with E-state index in [0.29, 0.717) is 18.9 Å². The van der Waals surface area contributed by atoms with Gasteiger partial charge in [0.2, 0.25) is 5.91 Å². The van der Waals surface area contributed by atoms with Crippen molar-refractivity contribution in [3.05, 3.63) is 29.8 Å². The summed E-state index contributed by atoms with van der Waals surface area (Å²) in [6.45, 7) is 4.88. The van der Waals surface area contributed by atoms with E-state index in [1.165, 1.54) is 0 Å². The van der Waals surface area contributed by atoms with Crippen molar-refractivity contribution >= 4 is 5.91 Å². The highest BCUT2D eigenvalue weighted by atomic mass is 16.3. The Morgan fingerprint density at radius 2 is 1.94 bits per heavy atom. The van der Waals surface area contributed by atoms with Gasteiger partial charge in [-0.15, -0.1) is 0 Å². The second-order valence-electron chi connectivity index (χ2n) is 4.70. The van der Waals surface area contributed by atoms with E-state index in [-0.39, 0.29) is 11.7 Å². The summed E-state index contributed by atoms with van der Waals surface area (Å²) in [6.07, 6.45) is 2.34. The lowest BCUT2D eigenvalue weighted by atomic mass is 10.1. The summed E-state index contributed by atoms with van der Waals surface area (Å²) in [6, 6.07) is 7.07. The van der Waals surface area contributed by atoms with Crippen LogP contribution in [0.5, 0.6) is 5.75 Å². The third-order valence-corrected chi connectivity index (χ3v) is 2.62. The van der Waals surface area contributed by atoms with Crippen molar-refractivity contribution < 1.29 is 9.90 Å². The Morgan fingerprint density at radius 3 is 2.53 bits per heavy atom. The standard InChI is InChI=1S/C14H21NO2/c1-11(2)3-8-14(17)15-10-9-12-4-6-13(16)7-5-12/h4-7,11,16H,3,8-10H2,1-2H3,(H,15,17). The van der Waals surface area contributed by atoms with Gasteiger partial charge in [-0.25, -0.2) is 0 Å². The van der Waals surface area contributed by atoms with Gasteiger partial charge in [-0.05, 0) is 36.5 Å². The van der Waals surface area contributed by atoms with Crippen molar-refractivity contribution in [2.24, 2.45) is 5.92 Å². The Kier molecular flexibility index (Phi) is 5.53. The normalized spacial score (nSPS) is 10.5. The van der Waals surface area contributed by atoms with Crippen molar-refractivity contribution in [1.29, 1.82) is 0 Å². The fourth-order valence-corrected chi connectivity index (χ4v) is 1.52. The van der Waals surface area contributed by atoms with E-state index in [1.54, 1.807) is 12.1 Å². The maximum absolute atomic E-state index is 11.4. The van der Waals surface area contributed by atoms with Gasteiger partial charge >= 0.3 is 0 Å². The van der Waals surface area contributed by atoms with Crippen LogP contribution in [0.25, 0.3) is 0 Å². The number of rotatable bonds is 6. The molecule has 0 fully saturated rings. The van der Waals surface area contributed by atoms with Crippen LogP contribution in [0.15, 0.2) is 24.3 Å². The molecule has 0 aliphatic rings. The molecule has 0 heterocycles. The number of nitrogens with one attached hydrogen (secondary N) is 1. The van der Waals surface area contributed by atoms with E-state index in [4.69, 9.17) is 5.11 Å². The van der Waals surface area contributed by atoms with E-state index in [9.17, 15) is 4.79 Å². The molecule has 0 aliphatic carbocycles. The van der Waals surface area contributed by atoms with Crippen LogP contribution in [0.3, 0.4) is 0 Å². The molecule has 0 aliphatic heterocycles. The van der Waals surface area contributed by atoms with Crippen LogP contribution >= 0.6 is 0 Å². The summed E-state index contributed by atoms with van der Waals surface area (Å²) >= 11 is 0. The average molecular weight is 235 g/mol. The molecule has 3 nitrogen and oxygen atoms in total. The molecule has 0 bridgehead atoms. The van der Waals surface area contributed by atoms with Crippen LogP contribution in [0.1, 0.15) is 32.3 Å². The number of phenols is 1. The third-order valence-electron chi connectivity index (χ3n) is 2.62. The van der Waals surface area contributed by atoms with Crippen LogP contribution in [0, 0.1) is 5.92 Å². The molecule has 0 unspecified atom stereocenters. The Hall–Kier alpha value is -1.51. The van der Waals surface area contributed by atoms with Gasteiger partial charge in [0.25, 0.3) is 0 Å². The summed E-state index contributed by atoms with van der Waals surface area (Å²) in [5, 5.41) is 12.0. The summed E-state index contributed by atoms with van der Waals surface area (Å²) in [5.74, 6) is 0.963. The summed E-state index contributed by atoms with van der Waals surface area (Å²) < 4.78 is 0. The molecule has 0 saturated carbocycles. The Bertz CT molecular complexity index is 344. The van der Waals surface area contributed by atoms with E-state index in [2.05, 4.69) is 19.2 Å². The van der Waals surface area contributed by atoms with Crippen LogP contribution in [0.2, 0.25) is 0 Å². The van der Waals surface area contributed by atoms with Gasteiger partial charge in [-0.1, -0.05) is 26.0 Å². The fraction of sp³-hybridized carbons (Fsp3) is 0.500. The number of hydrogen-bond donors (Lipinski definition) is 2. The molecule has 1 rings (SSSR count). The largest absolute Gasteiger partial charge is 0.508 e. The quantitative estimate of drug-likeness (QED) is 0.796. The average Bonchev–Trinajstić information content (AvgIpc) is 2.29. The molecule has 0 aromatic heterocycles. The van der Waals surface area contributed by atoms with Crippen molar-refractivity contribution in [3.63, 3.8) is 0 Å². The molecule has 2 N–H and O–H groups in total. The lowest BCUT2D eigenvalue weighted by Gasteiger charge is -2.07. The van der Waals surface area contributed by atoms with E-state index in [0.717, 1.165) is 18.4 Å². The van der Waals surface area contributed by atoms with Crippen molar-refractivity contribution in [2.75, 3.05) is 6.54 Å². The molecule has 94 valence electrons. The topological polar surface area (TPSA) is 49.3 Å². The van der Waals surface area contributed by atoms with Gasteiger partial charge in [0, 0.05) is 13.0 Å². The SMILES string of the molecule is CC(C)CCC(=O)NCCc1ccc(O)cc1. The van der Waals surface area contributed by atoms with Crippen molar-refractivity contribution in [2.45, 2.75) is 33.1 Å². The van der Waals surface area contributed by atoms with Gasteiger partial charge in [0.05, 0.1) is 0 Å². The highest BCUT2D eigenvalue weighted by Crippen LogP contribution is 2.09. The predicted octanol–water partition coefficient (Wildman–Crippen LogP) is 2.49. The lowest BCUT2D eigenvalue weighted by molar-refractivity contribution is -0.121. The Labute approximate surface area is 103 Å². The van der Waals surface area contributed by atoms with Gasteiger partial charge in [0.15, 0.2) is 0 Å². The minimum Gasteiger partial charge on any atom is -0.508 e. The number of carbonyl (C=O) groups is 1. The second kappa shape index (κ2) is 6.94. The minimum absolute atomic E-state index is 0.123. The van der Waals surface area contributed by atoms with Crippen molar-refractivity contribution in [3.8, 4) is 5.75 Å². The first-order valence-electron chi connectivity index (χ1n) is 6.12. The van der Waals surface area contributed by atoms with Crippen LogP contribution in [-0.4, -0.2) is 17.6 Å². The highest BCUT2D eigenvalue weighted by Gasteiger charge is 2.02. The van der Waals surface area contributed by atoms with Gasteiger partial charge < -0.3 is 10.4 Å². The first-order valence-corrected chi connectivity index (χ1v) is 6.12. The summed E-state index contributed by atoms with van der Waals surface area (Å²) in [5.41, 5.74) is 1.12. The number of benzene rings is 1. The molecule has 1 aromatic carbocycles. The van der Waals surface area contributed by atoms with E-state index < -0.39 is 0 Å². The van der Waals surface area contributed by atoms with Crippen LogP contribution < -0.4 is 5.32 Å². The molecule has 17 heavy (non-hydrogen) atoms. The minimum atomic E-state index is 0.123. The zero-order valence-corrected chi connectivity index (χ0v) is 10.6. The molecule has 1 aromatic rings.